The molecule has 2 atom stereocenters. The maximum absolute atomic E-state index is 5.72. The molecule has 0 amide bonds. The van der Waals surface area contributed by atoms with Gasteiger partial charge in [0, 0.05) is 25.3 Å². The molecule has 1 saturated carbocycles. The van der Waals surface area contributed by atoms with Gasteiger partial charge in [0.15, 0.2) is 0 Å². The van der Waals surface area contributed by atoms with Crippen molar-refractivity contribution in [3.05, 3.63) is 29.6 Å². The normalized spacial score (nSPS) is 27.5. The van der Waals surface area contributed by atoms with Gasteiger partial charge in [-0.05, 0) is 36.8 Å². The largest absolute Gasteiger partial charge is 0.388 e. The van der Waals surface area contributed by atoms with E-state index in [4.69, 9.17) is 18.0 Å². The number of hydrogen-bond donors (Lipinski definition) is 1. The molecular weight excluding hydrogens is 230 g/mol. The van der Waals surface area contributed by atoms with E-state index in [2.05, 4.69) is 16.0 Å². The monoisotopic (exact) mass is 247 g/mol. The van der Waals surface area contributed by atoms with Crippen LogP contribution in [0.1, 0.15) is 30.5 Å². The molecule has 2 heterocycles. The van der Waals surface area contributed by atoms with Crippen LogP contribution in [0.25, 0.3) is 0 Å². The highest BCUT2D eigenvalue weighted by Gasteiger charge is 2.37. The van der Waals surface area contributed by atoms with Crippen LogP contribution >= 0.6 is 12.2 Å². The molecule has 1 aliphatic carbocycles. The third-order valence-electron chi connectivity index (χ3n) is 4.02. The summed E-state index contributed by atoms with van der Waals surface area (Å²) in [7, 11) is 0. The lowest BCUT2D eigenvalue weighted by atomic mass is 10.1. The second-order valence-corrected chi connectivity index (χ2v) is 5.58. The summed E-state index contributed by atoms with van der Waals surface area (Å²) in [4.78, 5) is 7.26. The number of fused-ring (bicyclic) bond motifs is 2. The number of piperidine rings is 1. The molecule has 3 nitrogen and oxygen atoms in total. The van der Waals surface area contributed by atoms with Gasteiger partial charge < -0.3 is 5.73 Å². The molecular formula is C13H17N3S. The average Bonchev–Trinajstić information content (AvgIpc) is 2.91. The molecule has 0 radical (unpaired) electrons. The Morgan fingerprint density at radius 3 is 3.06 bits per heavy atom. The van der Waals surface area contributed by atoms with Crippen molar-refractivity contribution in [2.45, 2.75) is 31.8 Å². The lowest BCUT2D eigenvalue weighted by molar-refractivity contribution is 0.205. The Kier molecular flexibility index (Phi) is 2.84. The highest BCUT2D eigenvalue weighted by atomic mass is 32.1. The van der Waals surface area contributed by atoms with E-state index in [9.17, 15) is 0 Å². The van der Waals surface area contributed by atoms with Gasteiger partial charge in [-0.2, -0.15) is 0 Å². The quantitative estimate of drug-likeness (QED) is 0.826. The first-order valence-corrected chi connectivity index (χ1v) is 6.62. The predicted molar refractivity (Wildman–Crippen MR) is 71.7 cm³/mol. The third kappa shape index (κ3) is 2.07. The molecule has 1 aliphatic heterocycles. The van der Waals surface area contributed by atoms with Gasteiger partial charge in [0.2, 0.25) is 0 Å². The predicted octanol–water partition coefficient (Wildman–Crippen LogP) is 1.70. The van der Waals surface area contributed by atoms with E-state index in [1.165, 1.54) is 31.4 Å². The van der Waals surface area contributed by atoms with Crippen LogP contribution in [0.4, 0.5) is 0 Å². The zero-order chi connectivity index (χ0) is 11.8. The van der Waals surface area contributed by atoms with Crippen LogP contribution in [0.15, 0.2) is 18.3 Å². The van der Waals surface area contributed by atoms with Crippen molar-refractivity contribution in [1.29, 1.82) is 0 Å². The first kappa shape index (κ1) is 11.1. The van der Waals surface area contributed by atoms with Crippen LogP contribution in [0, 0.1) is 5.92 Å². The Bertz CT molecular complexity index is 446. The molecule has 2 aliphatic rings. The minimum absolute atomic E-state index is 0.407. The Hall–Kier alpha value is -1.00. The van der Waals surface area contributed by atoms with E-state index in [1.807, 2.05) is 6.07 Å². The number of hydrogen-bond acceptors (Lipinski definition) is 3. The molecule has 2 fully saturated rings. The number of aromatic nitrogens is 1. The van der Waals surface area contributed by atoms with Crippen molar-refractivity contribution in [3.63, 3.8) is 0 Å². The molecule has 17 heavy (non-hydrogen) atoms. The maximum Gasteiger partial charge on any atom is 0.123 e. The summed E-state index contributed by atoms with van der Waals surface area (Å²) < 4.78 is 0. The standard InChI is InChI=1S/C13H17N3S/c14-13(17)12-10(2-1-5-15-12)8-16-7-9-3-4-11(16)6-9/h1-2,5,9,11H,3-4,6-8H2,(H2,14,17). The fourth-order valence-corrected chi connectivity index (χ4v) is 3.41. The molecule has 2 N–H and O–H groups in total. The van der Waals surface area contributed by atoms with Crippen LogP contribution in [0.2, 0.25) is 0 Å². The summed E-state index contributed by atoms with van der Waals surface area (Å²) in [6, 6.07) is 4.83. The smallest absolute Gasteiger partial charge is 0.123 e. The minimum Gasteiger partial charge on any atom is -0.388 e. The number of rotatable bonds is 3. The number of likely N-dealkylation sites (tertiary alicyclic amines) is 1. The summed E-state index contributed by atoms with van der Waals surface area (Å²) in [6.07, 6.45) is 5.90. The van der Waals surface area contributed by atoms with Crippen LogP contribution < -0.4 is 5.73 Å². The van der Waals surface area contributed by atoms with E-state index in [1.54, 1.807) is 6.20 Å². The van der Waals surface area contributed by atoms with Gasteiger partial charge in [-0.15, -0.1) is 0 Å². The van der Waals surface area contributed by atoms with Gasteiger partial charge in [-0.25, -0.2) is 0 Å². The molecule has 0 spiro atoms. The van der Waals surface area contributed by atoms with E-state index in [-0.39, 0.29) is 0 Å². The molecule has 1 saturated heterocycles. The van der Waals surface area contributed by atoms with Gasteiger partial charge in [-0.1, -0.05) is 18.3 Å². The Morgan fingerprint density at radius 1 is 1.53 bits per heavy atom. The number of nitrogens with zero attached hydrogens (tertiary/aromatic N) is 2. The zero-order valence-electron chi connectivity index (χ0n) is 9.80. The first-order valence-electron chi connectivity index (χ1n) is 6.22. The molecule has 0 aromatic carbocycles. The number of thiocarbonyl (C=S) groups is 1. The maximum atomic E-state index is 5.72. The van der Waals surface area contributed by atoms with Gasteiger partial charge in [0.05, 0.1) is 0 Å². The second kappa shape index (κ2) is 4.35. The van der Waals surface area contributed by atoms with E-state index < -0.39 is 0 Å². The van der Waals surface area contributed by atoms with E-state index in [0.29, 0.717) is 4.99 Å². The molecule has 2 bridgehead atoms. The van der Waals surface area contributed by atoms with Crippen LogP contribution in [0.5, 0.6) is 0 Å². The molecule has 3 rings (SSSR count). The summed E-state index contributed by atoms with van der Waals surface area (Å²) in [5, 5.41) is 0. The molecule has 1 aromatic rings. The van der Waals surface area contributed by atoms with Crippen molar-refractivity contribution in [2.24, 2.45) is 11.7 Å². The second-order valence-electron chi connectivity index (χ2n) is 5.14. The van der Waals surface area contributed by atoms with E-state index in [0.717, 1.165) is 24.2 Å². The van der Waals surface area contributed by atoms with E-state index >= 15 is 0 Å². The van der Waals surface area contributed by atoms with Crippen molar-refractivity contribution in [1.82, 2.24) is 9.88 Å². The lowest BCUT2D eigenvalue weighted by Gasteiger charge is -2.27. The molecule has 1 aromatic heterocycles. The molecule has 4 heteroatoms. The molecule has 90 valence electrons. The summed E-state index contributed by atoms with van der Waals surface area (Å²) in [5.74, 6) is 0.921. The van der Waals surface area contributed by atoms with Crippen molar-refractivity contribution >= 4 is 17.2 Å². The first-order chi connectivity index (χ1) is 8.24. The topological polar surface area (TPSA) is 42.1 Å². The van der Waals surface area contributed by atoms with Crippen molar-refractivity contribution in [3.8, 4) is 0 Å². The Balaban J connectivity index is 1.79. The average molecular weight is 247 g/mol. The minimum atomic E-state index is 0.407. The number of pyridine rings is 1. The SMILES string of the molecule is NC(=S)c1ncccc1CN1CC2CCC1C2. The highest BCUT2D eigenvalue weighted by molar-refractivity contribution is 7.80. The van der Waals surface area contributed by atoms with Gasteiger partial charge >= 0.3 is 0 Å². The fourth-order valence-electron chi connectivity index (χ4n) is 3.23. The summed E-state index contributed by atoms with van der Waals surface area (Å²) in [5.41, 5.74) is 7.69. The highest BCUT2D eigenvalue weighted by Crippen LogP contribution is 2.38. The Morgan fingerprint density at radius 2 is 2.41 bits per heavy atom. The van der Waals surface area contributed by atoms with Crippen molar-refractivity contribution in [2.75, 3.05) is 6.54 Å². The van der Waals surface area contributed by atoms with Crippen LogP contribution in [-0.4, -0.2) is 27.5 Å². The lowest BCUT2D eigenvalue weighted by Crippen LogP contribution is -2.32. The third-order valence-corrected chi connectivity index (χ3v) is 4.21. The van der Waals surface area contributed by atoms with Gasteiger partial charge in [0.25, 0.3) is 0 Å². The number of nitrogens with two attached hydrogens (primary N) is 1. The summed E-state index contributed by atoms with van der Waals surface area (Å²) >= 11 is 5.05. The van der Waals surface area contributed by atoms with Gasteiger partial charge in [0.1, 0.15) is 10.7 Å². The summed E-state index contributed by atoms with van der Waals surface area (Å²) in [6.45, 7) is 2.18. The molecule has 2 unspecified atom stereocenters. The van der Waals surface area contributed by atoms with Crippen molar-refractivity contribution < 1.29 is 0 Å². The zero-order valence-corrected chi connectivity index (χ0v) is 10.6. The van der Waals surface area contributed by atoms with Crippen LogP contribution in [-0.2, 0) is 6.54 Å². The Labute approximate surface area is 107 Å². The fraction of sp³-hybridized carbons (Fsp3) is 0.538. The van der Waals surface area contributed by atoms with Crippen LogP contribution in [0.3, 0.4) is 0 Å². The van der Waals surface area contributed by atoms with Gasteiger partial charge in [-0.3, -0.25) is 9.88 Å².